The summed E-state index contributed by atoms with van der Waals surface area (Å²) < 4.78 is 12.2. The van der Waals surface area contributed by atoms with Gasteiger partial charge in [-0.2, -0.15) is 0 Å². The Morgan fingerprint density at radius 3 is 2.50 bits per heavy atom. The third-order valence-corrected chi connectivity index (χ3v) is 1.57. The van der Waals surface area contributed by atoms with Gasteiger partial charge in [0.2, 0.25) is 0 Å². The van der Waals surface area contributed by atoms with Crippen LogP contribution in [0.3, 0.4) is 0 Å². The molecule has 0 bridgehead atoms. The molecule has 12 heavy (non-hydrogen) atoms. The molecule has 66 valence electrons. The van der Waals surface area contributed by atoms with Gasteiger partial charge in [-0.05, 0) is 17.7 Å². The number of ether oxygens (including phenoxy) is 1. The summed E-state index contributed by atoms with van der Waals surface area (Å²) in [7, 11) is 1.54. The van der Waals surface area contributed by atoms with E-state index in [-0.39, 0.29) is 0 Å². The first-order chi connectivity index (χ1) is 6.10. The fourth-order valence-electron chi connectivity index (χ4n) is 0.875. The molecular formula is C9H12O3. The normalized spacial score (nSPS) is 16.4. The average Bonchev–Trinajstić information content (AvgIpc) is 2.18. The second-order valence-electron chi connectivity index (χ2n) is 2.33. The van der Waals surface area contributed by atoms with Crippen molar-refractivity contribution in [3.05, 3.63) is 29.8 Å². The van der Waals surface area contributed by atoms with Gasteiger partial charge in [0.05, 0.1) is 15.1 Å². The summed E-state index contributed by atoms with van der Waals surface area (Å²) in [6.45, 7) is -0.626. The fourth-order valence-corrected chi connectivity index (χ4v) is 0.875. The van der Waals surface area contributed by atoms with E-state index >= 15 is 0 Å². The summed E-state index contributed by atoms with van der Waals surface area (Å²) in [5, 5.41) is 18.0. The van der Waals surface area contributed by atoms with Gasteiger partial charge < -0.3 is 14.9 Å². The maximum Gasteiger partial charge on any atom is 0.118 e. The van der Waals surface area contributed by atoms with Crippen LogP contribution < -0.4 is 4.74 Å². The summed E-state index contributed by atoms with van der Waals surface area (Å²) in [6.07, 6.45) is -1.92. The number of rotatable bonds is 3. The molecule has 0 spiro atoms. The Labute approximate surface area is 72.6 Å². The Morgan fingerprint density at radius 2 is 2.08 bits per heavy atom. The van der Waals surface area contributed by atoms with E-state index in [2.05, 4.69) is 0 Å². The van der Waals surface area contributed by atoms with E-state index in [4.69, 9.17) is 11.2 Å². The number of methoxy groups -OCH3 is 1. The van der Waals surface area contributed by atoms with Crippen LogP contribution in [0.2, 0.25) is 0 Å². The summed E-state index contributed by atoms with van der Waals surface area (Å²) >= 11 is 0. The Bertz CT molecular complexity index is 269. The van der Waals surface area contributed by atoms with Crippen LogP contribution in [0.25, 0.3) is 0 Å². The van der Waals surface area contributed by atoms with Crippen LogP contribution in [0, 0.1) is 0 Å². The molecule has 0 aliphatic heterocycles. The molecule has 0 amide bonds. The molecule has 1 atom stereocenters. The van der Waals surface area contributed by atoms with Crippen LogP contribution in [0.15, 0.2) is 24.3 Å². The standard InChI is InChI=1S/C9H12O3/c1-12-8-4-2-7(3-5-8)9(11)6-10/h2-5,9-11H,6H2,1H3/i9D. The molecule has 1 rings (SSSR count). The molecule has 0 heterocycles. The largest absolute Gasteiger partial charge is 0.497 e. The fraction of sp³-hybridized carbons (Fsp3) is 0.333. The molecule has 0 aromatic heterocycles. The van der Waals surface area contributed by atoms with E-state index in [1.807, 2.05) is 0 Å². The van der Waals surface area contributed by atoms with Gasteiger partial charge in [-0.15, -0.1) is 0 Å². The summed E-state index contributed by atoms with van der Waals surface area (Å²) in [5.74, 6) is 0.650. The lowest BCUT2D eigenvalue weighted by Crippen LogP contribution is -2.01. The van der Waals surface area contributed by atoms with E-state index < -0.39 is 12.7 Å². The first kappa shape index (κ1) is 7.58. The second kappa shape index (κ2) is 4.09. The van der Waals surface area contributed by atoms with Gasteiger partial charge in [0.25, 0.3) is 0 Å². The average molecular weight is 169 g/mol. The molecule has 0 saturated carbocycles. The van der Waals surface area contributed by atoms with Gasteiger partial charge in [0.15, 0.2) is 0 Å². The van der Waals surface area contributed by atoms with Gasteiger partial charge in [-0.1, -0.05) is 12.1 Å². The van der Waals surface area contributed by atoms with Gasteiger partial charge in [-0.25, -0.2) is 0 Å². The molecule has 3 heteroatoms. The van der Waals surface area contributed by atoms with Crippen LogP contribution in [0.4, 0.5) is 0 Å². The van der Waals surface area contributed by atoms with Crippen molar-refractivity contribution in [2.45, 2.75) is 6.08 Å². The lowest BCUT2D eigenvalue weighted by molar-refractivity contribution is 0.0956. The maximum atomic E-state index is 9.33. The van der Waals surface area contributed by atoms with Crippen molar-refractivity contribution in [2.75, 3.05) is 13.7 Å². The Hall–Kier alpha value is -1.06. The van der Waals surface area contributed by atoms with Gasteiger partial charge >= 0.3 is 0 Å². The molecule has 0 aliphatic rings. The predicted molar refractivity (Wildman–Crippen MR) is 45.0 cm³/mol. The second-order valence-corrected chi connectivity index (χ2v) is 2.33. The number of aliphatic hydroxyl groups is 2. The minimum absolute atomic E-state index is 0.343. The minimum atomic E-state index is -1.92. The number of hydrogen-bond acceptors (Lipinski definition) is 3. The first-order valence-corrected chi connectivity index (χ1v) is 3.58. The van der Waals surface area contributed by atoms with Crippen molar-refractivity contribution in [3.63, 3.8) is 0 Å². The van der Waals surface area contributed by atoms with Gasteiger partial charge in [0, 0.05) is 0 Å². The molecule has 3 nitrogen and oxygen atoms in total. The number of hydrogen-bond donors (Lipinski definition) is 2. The highest BCUT2D eigenvalue weighted by atomic mass is 16.5. The SMILES string of the molecule is [2H]C(O)(CO)c1ccc(OC)cc1. The molecule has 1 aromatic rings. The van der Waals surface area contributed by atoms with E-state index in [0.717, 1.165) is 0 Å². The van der Waals surface area contributed by atoms with Crippen LogP contribution in [0.5, 0.6) is 5.75 Å². The summed E-state index contributed by atoms with van der Waals surface area (Å²) in [5.41, 5.74) is 0.343. The highest BCUT2D eigenvalue weighted by molar-refractivity contribution is 5.28. The highest BCUT2D eigenvalue weighted by Crippen LogP contribution is 2.16. The molecule has 0 aliphatic carbocycles. The third-order valence-electron chi connectivity index (χ3n) is 1.57. The molecule has 2 N–H and O–H groups in total. The van der Waals surface area contributed by atoms with E-state index in [1.165, 1.54) is 7.11 Å². The minimum Gasteiger partial charge on any atom is -0.497 e. The summed E-state index contributed by atoms with van der Waals surface area (Å²) in [4.78, 5) is 0. The monoisotopic (exact) mass is 169 g/mol. The molecular weight excluding hydrogens is 156 g/mol. The van der Waals surface area contributed by atoms with Crippen LogP contribution in [-0.4, -0.2) is 23.9 Å². The van der Waals surface area contributed by atoms with Crippen LogP contribution in [0.1, 0.15) is 13.0 Å². The van der Waals surface area contributed by atoms with Crippen molar-refractivity contribution in [3.8, 4) is 5.75 Å². The smallest absolute Gasteiger partial charge is 0.118 e. The lowest BCUT2D eigenvalue weighted by atomic mass is 10.1. The van der Waals surface area contributed by atoms with E-state index in [9.17, 15) is 5.11 Å². The maximum absolute atomic E-state index is 9.33. The van der Waals surface area contributed by atoms with Crippen molar-refractivity contribution in [1.82, 2.24) is 0 Å². The lowest BCUT2D eigenvalue weighted by Gasteiger charge is -2.07. The van der Waals surface area contributed by atoms with E-state index in [0.29, 0.717) is 11.3 Å². The highest BCUT2D eigenvalue weighted by Gasteiger charge is 2.04. The van der Waals surface area contributed by atoms with Gasteiger partial charge in [0.1, 0.15) is 11.8 Å². The van der Waals surface area contributed by atoms with Crippen LogP contribution in [-0.2, 0) is 0 Å². The molecule has 1 aromatic carbocycles. The zero-order valence-electron chi connectivity index (χ0n) is 7.82. The van der Waals surface area contributed by atoms with Crippen molar-refractivity contribution >= 4 is 0 Å². The van der Waals surface area contributed by atoms with Crippen LogP contribution >= 0.6 is 0 Å². The zero-order chi connectivity index (χ0) is 9.90. The molecule has 0 fully saturated rings. The Morgan fingerprint density at radius 1 is 1.50 bits per heavy atom. The van der Waals surface area contributed by atoms with E-state index in [1.54, 1.807) is 24.3 Å². The first-order valence-electron chi connectivity index (χ1n) is 4.08. The molecule has 0 radical (unpaired) electrons. The Kier molecular flexibility index (Phi) is 2.58. The summed E-state index contributed by atoms with van der Waals surface area (Å²) in [6, 6.07) is 6.35. The molecule has 0 saturated heterocycles. The van der Waals surface area contributed by atoms with Crippen molar-refractivity contribution in [1.29, 1.82) is 0 Å². The number of aliphatic hydroxyl groups excluding tert-OH is 1. The van der Waals surface area contributed by atoms with Gasteiger partial charge in [-0.3, -0.25) is 0 Å². The third kappa shape index (κ3) is 1.96. The zero-order valence-corrected chi connectivity index (χ0v) is 6.82. The molecule has 1 unspecified atom stereocenters. The Balaban J connectivity index is 2.92. The number of benzene rings is 1. The predicted octanol–water partition coefficient (Wildman–Crippen LogP) is 0.721. The quantitative estimate of drug-likeness (QED) is 0.701. The van der Waals surface area contributed by atoms with Crippen molar-refractivity contribution in [2.24, 2.45) is 0 Å². The van der Waals surface area contributed by atoms with Crippen molar-refractivity contribution < 1.29 is 16.3 Å². The topological polar surface area (TPSA) is 49.7 Å².